The van der Waals surface area contributed by atoms with Crippen LogP contribution in [0, 0.1) is 6.92 Å². The molecule has 0 amide bonds. The van der Waals surface area contributed by atoms with E-state index in [1.54, 1.807) is 0 Å². The summed E-state index contributed by atoms with van der Waals surface area (Å²) in [5.41, 5.74) is 2.71. The van der Waals surface area contributed by atoms with Gasteiger partial charge in [-0.05, 0) is 25.5 Å². The molecule has 0 aliphatic rings. The lowest BCUT2D eigenvalue weighted by atomic mass is 10.1. The zero-order valence-corrected chi connectivity index (χ0v) is 12.9. The van der Waals surface area contributed by atoms with E-state index in [0.29, 0.717) is 11.8 Å². The van der Waals surface area contributed by atoms with Crippen LogP contribution in [0.25, 0.3) is 11.3 Å². The summed E-state index contributed by atoms with van der Waals surface area (Å²) in [5, 5.41) is 0.511. The van der Waals surface area contributed by atoms with Crippen molar-refractivity contribution in [3.05, 3.63) is 40.8 Å². The first-order chi connectivity index (χ1) is 9.67. The molecular formula is C16H19ClN2O. The highest BCUT2D eigenvalue weighted by atomic mass is 35.5. The van der Waals surface area contributed by atoms with Gasteiger partial charge in [-0.1, -0.05) is 37.6 Å². The maximum atomic E-state index is 6.21. The number of benzene rings is 1. The summed E-state index contributed by atoms with van der Waals surface area (Å²) in [6.07, 6.45) is 1.73. The van der Waals surface area contributed by atoms with Crippen LogP contribution in [-0.4, -0.2) is 16.6 Å². The van der Waals surface area contributed by atoms with E-state index in [1.807, 2.05) is 38.1 Å². The number of para-hydroxylation sites is 1. The highest BCUT2D eigenvalue weighted by Gasteiger charge is 2.14. The minimum atomic E-state index is 0.511. The van der Waals surface area contributed by atoms with Crippen LogP contribution < -0.4 is 4.74 Å². The first-order valence-corrected chi connectivity index (χ1v) is 7.30. The highest BCUT2D eigenvalue weighted by molar-refractivity contribution is 6.30. The van der Waals surface area contributed by atoms with Gasteiger partial charge in [0, 0.05) is 17.5 Å². The number of nitrogens with zero attached hydrogens (tertiary/aromatic N) is 2. The van der Waals surface area contributed by atoms with Gasteiger partial charge in [0.1, 0.15) is 16.7 Å². The lowest BCUT2D eigenvalue weighted by molar-refractivity contribution is 0.318. The first kappa shape index (κ1) is 14.8. The van der Waals surface area contributed by atoms with Gasteiger partial charge in [-0.3, -0.25) is 0 Å². The summed E-state index contributed by atoms with van der Waals surface area (Å²) in [6, 6.07) is 7.92. The molecule has 0 atom stereocenters. The smallest absolute Gasteiger partial charge is 0.136 e. The fraction of sp³-hybridized carbons (Fsp3) is 0.375. The number of aromatic nitrogens is 2. The van der Waals surface area contributed by atoms with Crippen molar-refractivity contribution in [3.8, 4) is 17.0 Å². The monoisotopic (exact) mass is 290 g/mol. The highest BCUT2D eigenvalue weighted by Crippen LogP contribution is 2.32. The third-order valence-electron chi connectivity index (χ3n) is 3.05. The first-order valence-electron chi connectivity index (χ1n) is 6.92. The predicted octanol–water partition coefficient (Wildman–Crippen LogP) is 4.46. The molecule has 20 heavy (non-hydrogen) atoms. The van der Waals surface area contributed by atoms with Gasteiger partial charge < -0.3 is 4.74 Å². The van der Waals surface area contributed by atoms with Crippen LogP contribution in [-0.2, 0) is 6.42 Å². The van der Waals surface area contributed by atoms with Gasteiger partial charge in [-0.25, -0.2) is 9.97 Å². The molecule has 0 aliphatic heterocycles. The van der Waals surface area contributed by atoms with Crippen molar-refractivity contribution >= 4 is 11.6 Å². The second-order valence-corrected chi connectivity index (χ2v) is 4.96. The molecule has 0 aliphatic carbocycles. The van der Waals surface area contributed by atoms with Crippen molar-refractivity contribution in [1.29, 1.82) is 0 Å². The van der Waals surface area contributed by atoms with Gasteiger partial charge in [-0.15, -0.1) is 0 Å². The number of hydrogen-bond acceptors (Lipinski definition) is 3. The lowest BCUT2D eigenvalue weighted by Gasteiger charge is -2.13. The van der Waals surface area contributed by atoms with E-state index in [9.17, 15) is 0 Å². The maximum Gasteiger partial charge on any atom is 0.136 e. The van der Waals surface area contributed by atoms with Gasteiger partial charge in [0.05, 0.1) is 12.3 Å². The van der Waals surface area contributed by atoms with Crippen LogP contribution in [0.1, 0.15) is 31.7 Å². The summed E-state index contributed by atoms with van der Waals surface area (Å²) in [5.74, 6) is 1.59. The Morgan fingerprint density at radius 3 is 2.60 bits per heavy atom. The third-order valence-corrected chi connectivity index (χ3v) is 3.42. The quantitative estimate of drug-likeness (QED) is 0.763. The molecule has 0 unspecified atom stereocenters. The normalized spacial score (nSPS) is 10.6. The Hall–Kier alpha value is -1.61. The van der Waals surface area contributed by atoms with E-state index in [-0.39, 0.29) is 0 Å². The van der Waals surface area contributed by atoms with Crippen LogP contribution in [0.2, 0.25) is 5.15 Å². The second-order valence-electron chi connectivity index (χ2n) is 4.60. The summed E-state index contributed by atoms with van der Waals surface area (Å²) < 4.78 is 5.81. The molecule has 106 valence electrons. The van der Waals surface area contributed by atoms with Gasteiger partial charge >= 0.3 is 0 Å². The van der Waals surface area contributed by atoms with Gasteiger partial charge in [0.15, 0.2) is 0 Å². The van der Waals surface area contributed by atoms with Gasteiger partial charge in [0.25, 0.3) is 0 Å². The Labute approximate surface area is 125 Å². The molecule has 1 aromatic heterocycles. The van der Waals surface area contributed by atoms with E-state index < -0.39 is 0 Å². The largest absolute Gasteiger partial charge is 0.493 e. The molecule has 0 bridgehead atoms. The maximum absolute atomic E-state index is 6.21. The second kappa shape index (κ2) is 6.71. The molecule has 3 nitrogen and oxygen atoms in total. The Balaban J connectivity index is 2.53. The molecule has 2 aromatic rings. The third kappa shape index (κ3) is 3.10. The Morgan fingerprint density at radius 1 is 1.15 bits per heavy atom. The number of rotatable bonds is 5. The average molecular weight is 291 g/mol. The molecular weight excluding hydrogens is 272 g/mol. The molecule has 0 N–H and O–H groups in total. The fourth-order valence-electron chi connectivity index (χ4n) is 1.95. The van der Waals surface area contributed by atoms with E-state index in [1.165, 1.54) is 0 Å². The zero-order chi connectivity index (χ0) is 14.5. The molecule has 0 saturated heterocycles. The Morgan fingerprint density at radius 2 is 1.90 bits per heavy atom. The molecule has 1 heterocycles. The van der Waals surface area contributed by atoms with Crippen LogP contribution in [0.5, 0.6) is 5.75 Å². The topological polar surface area (TPSA) is 35.0 Å². The molecule has 0 fully saturated rings. The van der Waals surface area contributed by atoms with Crippen molar-refractivity contribution in [1.82, 2.24) is 9.97 Å². The van der Waals surface area contributed by atoms with Crippen molar-refractivity contribution in [2.24, 2.45) is 0 Å². The van der Waals surface area contributed by atoms with Crippen LogP contribution in [0.15, 0.2) is 24.3 Å². The van der Waals surface area contributed by atoms with Crippen molar-refractivity contribution in [2.75, 3.05) is 6.61 Å². The van der Waals surface area contributed by atoms with Crippen molar-refractivity contribution in [3.63, 3.8) is 0 Å². The Bertz CT molecular complexity index is 599. The van der Waals surface area contributed by atoms with Gasteiger partial charge in [0.2, 0.25) is 0 Å². The zero-order valence-electron chi connectivity index (χ0n) is 12.1. The number of halogens is 1. The lowest BCUT2D eigenvalue weighted by Crippen LogP contribution is -2.02. The van der Waals surface area contributed by atoms with Crippen molar-refractivity contribution in [2.45, 2.75) is 33.6 Å². The van der Waals surface area contributed by atoms with E-state index >= 15 is 0 Å². The molecule has 1 aromatic carbocycles. The molecule has 4 heteroatoms. The number of hydrogen-bond donors (Lipinski definition) is 0. The van der Waals surface area contributed by atoms with E-state index in [4.69, 9.17) is 16.3 Å². The van der Waals surface area contributed by atoms with Crippen molar-refractivity contribution < 1.29 is 4.74 Å². The van der Waals surface area contributed by atoms with Crippen LogP contribution in [0.4, 0.5) is 0 Å². The van der Waals surface area contributed by atoms with E-state index in [0.717, 1.165) is 41.2 Å². The minimum Gasteiger partial charge on any atom is -0.493 e. The average Bonchev–Trinajstić information content (AvgIpc) is 2.48. The molecule has 0 spiro atoms. The molecule has 2 rings (SSSR count). The summed E-state index contributed by atoms with van der Waals surface area (Å²) in [4.78, 5) is 8.90. The number of ether oxygens (including phenoxy) is 1. The van der Waals surface area contributed by atoms with E-state index in [2.05, 4.69) is 16.9 Å². The summed E-state index contributed by atoms with van der Waals surface area (Å²) in [7, 11) is 0. The van der Waals surface area contributed by atoms with Crippen LogP contribution in [0.3, 0.4) is 0 Å². The fourth-order valence-corrected chi connectivity index (χ4v) is 2.14. The number of aryl methyl sites for hydroxylation is 1. The summed E-state index contributed by atoms with van der Waals surface area (Å²) in [6.45, 7) is 6.73. The SMILES string of the molecule is CCCOc1ccccc1-c1nc(CC)nc(Cl)c1C. The standard InChI is InChI=1S/C16H19ClN2O/c1-4-10-20-13-9-7-6-8-12(13)15-11(3)16(17)19-14(5-2)18-15/h6-9H,4-5,10H2,1-3H3. The Kier molecular flexibility index (Phi) is 4.96. The van der Waals surface area contributed by atoms with Crippen LogP contribution >= 0.6 is 11.6 Å². The predicted molar refractivity (Wildman–Crippen MR) is 82.4 cm³/mol. The molecule has 0 radical (unpaired) electrons. The minimum absolute atomic E-state index is 0.511. The van der Waals surface area contributed by atoms with Gasteiger partial charge in [-0.2, -0.15) is 0 Å². The molecule has 0 saturated carbocycles. The summed E-state index contributed by atoms with van der Waals surface area (Å²) >= 11 is 6.21.